The lowest BCUT2D eigenvalue weighted by Gasteiger charge is -2.28. The Morgan fingerprint density at radius 1 is 1.00 bits per heavy atom. The fourth-order valence-electron chi connectivity index (χ4n) is 2.52. The second kappa shape index (κ2) is 5.34. The number of ketones is 2. The van der Waals surface area contributed by atoms with Crippen LogP contribution in [0.5, 0.6) is 0 Å². The zero-order valence-corrected chi connectivity index (χ0v) is 11.0. The summed E-state index contributed by atoms with van der Waals surface area (Å²) in [6.45, 7) is 0. The van der Waals surface area contributed by atoms with Crippen LogP contribution in [0.25, 0.3) is 0 Å². The molecule has 0 fully saturated rings. The van der Waals surface area contributed by atoms with Gasteiger partial charge in [-0.15, -0.1) is 4.33 Å². The summed E-state index contributed by atoms with van der Waals surface area (Å²) in [7, 11) is 0. The van der Waals surface area contributed by atoms with E-state index in [4.69, 9.17) is 5.26 Å². The van der Waals surface area contributed by atoms with Gasteiger partial charge in [0, 0.05) is 16.0 Å². The summed E-state index contributed by atoms with van der Waals surface area (Å²) < 4.78 is 4.33. The maximum Gasteiger partial charge on any atom is 0.171 e. The van der Waals surface area contributed by atoms with Crippen molar-refractivity contribution in [2.45, 2.75) is 4.90 Å². The molecule has 0 aromatic heterocycles. The molecule has 3 rings (SSSR count). The molecule has 102 valence electrons. The molecule has 20 heavy (non-hydrogen) atoms. The van der Waals surface area contributed by atoms with Gasteiger partial charge in [-0.1, -0.05) is 29.3 Å². The van der Waals surface area contributed by atoms with Gasteiger partial charge in [0.15, 0.2) is 11.6 Å². The minimum absolute atomic E-state index is 0.0546. The Morgan fingerprint density at radius 2 is 1.65 bits per heavy atom. The Balaban J connectivity index is 2.01. The van der Waals surface area contributed by atoms with Crippen LogP contribution >= 0.6 is 12.0 Å². The molecule has 1 aromatic carbocycles. The molecule has 2 aliphatic carbocycles. The minimum atomic E-state index is -0.435. The van der Waals surface area contributed by atoms with Crippen molar-refractivity contribution >= 4 is 23.6 Å². The van der Waals surface area contributed by atoms with Crippen molar-refractivity contribution in [3.05, 3.63) is 53.6 Å². The molecule has 0 amide bonds. The third-order valence-electron chi connectivity index (χ3n) is 3.42. The molecule has 2 aliphatic rings. The Bertz CT molecular complexity index is 634. The summed E-state index contributed by atoms with van der Waals surface area (Å²) >= 11 is 0.758. The van der Waals surface area contributed by atoms with Gasteiger partial charge in [0.05, 0.1) is 23.9 Å². The van der Waals surface area contributed by atoms with Crippen molar-refractivity contribution in [2.24, 2.45) is 11.8 Å². The van der Waals surface area contributed by atoms with Gasteiger partial charge in [0.25, 0.3) is 0 Å². The van der Waals surface area contributed by atoms with Crippen LogP contribution in [0.1, 0.15) is 20.7 Å². The summed E-state index contributed by atoms with van der Waals surface area (Å²) in [5.74, 6) is -0.982. The second-order valence-electron chi connectivity index (χ2n) is 4.48. The number of Topliss-reactive ketones (excluding diaryl/α,β-unsaturated/α-hetero) is 2. The molecule has 0 saturated heterocycles. The van der Waals surface area contributed by atoms with E-state index < -0.39 is 11.8 Å². The molecule has 6 heteroatoms. The average molecular weight is 290 g/mol. The zero-order chi connectivity index (χ0) is 14.1. The fourth-order valence-corrected chi connectivity index (χ4v) is 2.91. The molecule has 2 unspecified atom stereocenters. The highest BCUT2D eigenvalue weighted by molar-refractivity contribution is 7.94. The topological polar surface area (TPSA) is 72.8 Å². The average Bonchev–Trinajstić information content (AvgIpc) is 2.50. The summed E-state index contributed by atoms with van der Waals surface area (Å²) in [5.41, 5.74) is 0.799. The number of allylic oxidation sites excluding steroid dienone is 4. The van der Waals surface area contributed by atoms with Gasteiger partial charge >= 0.3 is 0 Å². The number of hydrogen-bond acceptors (Lipinski definition) is 6. The molecule has 1 aromatic rings. The van der Waals surface area contributed by atoms with Crippen LogP contribution < -0.4 is 0 Å². The van der Waals surface area contributed by atoms with E-state index in [9.17, 15) is 9.59 Å². The summed E-state index contributed by atoms with van der Waals surface area (Å²) in [6.07, 6.45) is 7.08. The van der Waals surface area contributed by atoms with E-state index in [0.29, 0.717) is 16.0 Å². The predicted octanol–water partition coefficient (Wildman–Crippen LogP) is 2.85. The van der Waals surface area contributed by atoms with Crippen molar-refractivity contribution in [1.29, 1.82) is 0 Å². The predicted molar refractivity (Wildman–Crippen MR) is 71.0 cm³/mol. The molecule has 0 spiro atoms. The molecule has 0 heterocycles. The highest BCUT2D eigenvalue weighted by Crippen LogP contribution is 2.35. The van der Waals surface area contributed by atoms with E-state index in [1.165, 1.54) is 0 Å². The van der Waals surface area contributed by atoms with Crippen LogP contribution in [-0.2, 0) is 9.37 Å². The Hall–Kier alpha value is -1.73. The van der Waals surface area contributed by atoms with Crippen molar-refractivity contribution in [3.8, 4) is 0 Å². The van der Waals surface area contributed by atoms with Crippen molar-refractivity contribution in [2.75, 3.05) is 0 Å². The lowest BCUT2D eigenvalue weighted by molar-refractivity contribution is -0.432. The van der Waals surface area contributed by atoms with E-state index in [1.54, 1.807) is 42.5 Å². The molecule has 5 nitrogen and oxygen atoms in total. The summed E-state index contributed by atoms with van der Waals surface area (Å²) in [4.78, 5) is 25.4. The van der Waals surface area contributed by atoms with Crippen molar-refractivity contribution in [1.82, 2.24) is 0 Å². The third-order valence-corrected chi connectivity index (χ3v) is 4.00. The molecule has 2 atom stereocenters. The third kappa shape index (κ3) is 2.12. The molecule has 0 aliphatic heterocycles. The van der Waals surface area contributed by atoms with Crippen molar-refractivity contribution in [3.63, 3.8) is 0 Å². The first-order valence-electron chi connectivity index (χ1n) is 5.94. The van der Waals surface area contributed by atoms with Gasteiger partial charge in [0.1, 0.15) is 0 Å². The van der Waals surface area contributed by atoms with Crippen LogP contribution in [0.3, 0.4) is 0 Å². The monoisotopic (exact) mass is 290 g/mol. The van der Waals surface area contributed by atoms with Crippen LogP contribution in [0, 0.1) is 11.8 Å². The Labute approximate surface area is 118 Å². The lowest BCUT2D eigenvalue weighted by Crippen LogP contribution is -2.35. The fraction of sp³-hybridized carbons (Fsp3) is 0.143. The van der Waals surface area contributed by atoms with Gasteiger partial charge in [-0.2, -0.15) is 0 Å². The largest absolute Gasteiger partial charge is 0.293 e. The molecule has 0 radical (unpaired) electrons. The van der Waals surface area contributed by atoms with Crippen LogP contribution in [0.2, 0.25) is 0 Å². The highest BCUT2D eigenvalue weighted by Gasteiger charge is 2.39. The maximum absolute atomic E-state index is 12.5. The van der Waals surface area contributed by atoms with Gasteiger partial charge in [-0.05, 0) is 18.2 Å². The molecular formula is C14H10O5S. The molecule has 0 bridgehead atoms. The van der Waals surface area contributed by atoms with Gasteiger partial charge in [-0.25, -0.2) is 5.26 Å². The number of carbonyl (C=O) groups is 2. The number of fused-ring (bicyclic) bond motifs is 2. The molecule has 1 N–H and O–H groups in total. The maximum atomic E-state index is 12.5. The number of benzene rings is 1. The lowest BCUT2D eigenvalue weighted by atomic mass is 9.72. The molecular weight excluding hydrogens is 280 g/mol. The normalized spacial score (nSPS) is 23.6. The van der Waals surface area contributed by atoms with Crippen LogP contribution in [0.4, 0.5) is 0 Å². The Morgan fingerprint density at radius 3 is 2.30 bits per heavy atom. The first-order valence-corrected chi connectivity index (χ1v) is 6.69. The highest BCUT2D eigenvalue weighted by atomic mass is 32.2. The number of rotatable bonds is 3. The SMILES string of the molecule is O=C1c2ccc(SOOO)cc2C(=O)C2C=CC=CC12. The van der Waals surface area contributed by atoms with E-state index in [-0.39, 0.29) is 11.6 Å². The minimum Gasteiger partial charge on any atom is -0.293 e. The number of hydrogen-bond donors (Lipinski definition) is 1. The van der Waals surface area contributed by atoms with Gasteiger partial charge in [0.2, 0.25) is 0 Å². The summed E-state index contributed by atoms with van der Waals surface area (Å²) in [5, 5.41) is 11.6. The van der Waals surface area contributed by atoms with E-state index in [0.717, 1.165) is 12.0 Å². The second-order valence-corrected chi connectivity index (χ2v) is 5.26. The first-order chi connectivity index (χ1) is 9.72. The zero-order valence-electron chi connectivity index (χ0n) is 10.2. The van der Waals surface area contributed by atoms with E-state index >= 15 is 0 Å². The van der Waals surface area contributed by atoms with Crippen molar-refractivity contribution < 1.29 is 24.2 Å². The summed E-state index contributed by atoms with van der Waals surface area (Å²) in [6, 6.07) is 4.80. The van der Waals surface area contributed by atoms with Crippen LogP contribution in [0.15, 0.2) is 47.4 Å². The molecule has 0 saturated carbocycles. The Kier molecular flexibility index (Phi) is 3.54. The quantitative estimate of drug-likeness (QED) is 0.524. The van der Waals surface area contributed by atoms with Gasteiger partial charge in [-0.3, -0.25) is 9.59 Å². The van der Waals surface area contributed by atoms with Crippen LogP contribution in [-0.4, -0.2) is 16.8 Å². The smallest absolute Gasteiger partial charge is 0.171 e. The van der Waals surface area contributed by atoms with E-state index in [1.807, 2.05) is 0 Å². The van der Waals surface area contributed by atoms with E-state index in [2.05, 4.69) is 9.37 Å². The first kappa shape index (κ1) is 13.3. The standard InChI is InChI=1S/C14H10O5S/c15-13-9-3-1-2-4-10(9)14(16)12-7-8(20-19-18-17)5-6-11(12)13/h1-7,9-10,17H. The number of carbonyl (C=O) groups excluding carboxylic acids is 2. The van der Waals surface area contributed by atoms with Gasteiger partial charge < -0.3 is 0 Å².